The highest BCUT2D eigenvalue weighted by molar-refractivity contribution is 9.10. The predicted molar refractivity (Wildman–Crippen MR) is 123 cm³/mol. The van der Waals surface area contributed by atoms with Crippen LogP contribution >= 0.6 is 15.9 Å². The minimum absolute atomic E-state index is 0.0959. The smallest absolute Gasteiger partial charge is 0.339 e. The highest BCUT2D eigenvalue weighted by Crippen LogP contribution is 2.19. The molecule has 1 atom stereocenters. The number of halogens is 1. The minimum Gasteiger partial charge on any atom is -0.449 e. The molecule has 0 aliphatic carbocycles. The first-order chi connectivity index (χ1) is 14.9. The van der Waals surface area contributed by atoms with Crippen LogP contribution in [0.4, 0.5) is 11.4 Å². The Kier molecular flexibility index (Phi) is 7.20. The molecule has 0 saturated carbocycles. The maximum absolute atomic E-state index is 13.0. The molecule has 3 aromatic carbocycles. The zero-order chi connectivity index (χ0) is 22.4. The largest absolute Gasteiger partial charge is 0.449 e. The third-order valence-corrected chi connectivity index (χ3v) is 5.12. The summed E-state index contributed by atoms with van der Waals surface area (Å²) in [7, 11) is 1.63. The summed E-state index contributed by atoms with van der Waals surface area (Å²) in [5.41, 5.74) is 1.56. The van der Waals surface area contributed by atoms with E-state index in [1.165, 1.54) is 17.9 Å². The Morgan fingerprint density at radius 2 is 1.45 bits per heavy atom. The maximum Gasteiger partial charge on any atom is 0.339 e. The molecule has 7 heteroatoms. The van der Waals surface area contributed by atoms with Crippen LogP contribution in [-0.4, -0.2) is 30.9 Å². The van der Waals surface area contributed by atoms with Gasteiger partial charge in [-0.15, -0.1) is 0 Å². The number of nitrogens with zero attached hydrogens (tertiary/aromatic N) is 1. The highest BCUT2D eigenvalue weighted by atomic mass is 79.9. The fraction of sp³-hybridized carbons (Fsp3) is 0.125. The summed E-state index contributed by atoms with van der Waals surface area (Å²) in [4.78, 5) is 39.6. The first kappa shape index (κ1) is 22.2. The van der Waals surface area contributed by atoms with Gasteiger partial charge in [-0.2, -0.15) is 0 Å². The predicted octanol–water partition coefficient (Wildman–Crippen LogP) is 4.91. The Morgan fingerprint density at radius 1 is 0.871 bits per heavy atom. The molecule has 2 amide bonds. The van der Waals surface area contributed by atoms with Gasteiger partial charge in [0, 0.05) is 22.9 Å². The van der Waals surface area contributed by atoms with Crippen molar-refractivity contribution in [2.24, 2.45) is 0 Å². The second-order valence-corrected chi connectivity index (χ2v) is 7.70. The molecule has 31 heavy (non-hydrogen) atoms. The zero-order valence-corrected chi connectivity index (χ0v) is 18.6. The number of rotatable bonds is 6. The number of ether oxygens (including phenoxy) is 1. The number of esters is 1. The molecule has 1 N–H and O–H groups in total. The van der Waals surface area contributed by atoms with Crippen LogP contribution in [0.2, 0.25) is 0 Å². The van der Waals surface area contributed by atoms with E-state index in [0.717, 1.165) is 4.47 Å². The lowest BCUT2D eigenvalue weighted by Crippen LogP contribution is -2.32. The summed E-state index contributed by atoms with van der Waals surface area (Å²) >= 11 is 3.33. The molecular weight excluding hydrogens is 460 g/mol. The SMILES string of the molecule is CC(OC(=O)c1ccccc1C(=O)N(C)c1ccccc1)C(=O)Nc1ccc(Br)cc1. The summed E-state index contributed by atoms with van der Waals surface area (Å²) in [6, 6.07) is 22.5. The van der Waals surface area contributed by atoms with Crippen molar-refractivity contribution in [2.75, 3.05) is 17.3 Å². The summed E-state index contributed by atoms with van der Waals surface area (Å²) in [5.74, 6) is -1.57. The number of para-hydroxylation sites is 1. The molecule has 158 valence electrons. The van der Waals surface area contributed by atoms with E-state index >= 15 is 0 Å². The van der Waals surface area contributed by atoms with E-state index in [9.17, 15) is 14.4 Å². The van der Waals surface area contributed by atoms with Crippen LogP contribution in [0.1, 0.15) is 27.6 Å². The molecule has 0 aliphatic rings. The van der Waals surface area contributed by atoms with Crippen molar-refractivity contribution in [2.45, 2.75) is 13.0 Å². The topological polar surface area (TPSA) is 75.7 Å². The fourth-order valence-electron chi connectivity index (χ4n) is 2.85. The van der Waals surface area contributed by atoms with E-state index in [1.807, 2.05) is 18.2 Å². The third kappa shape index (κ3) is 5.58. The number of anilines is 2. The number of carbonyl (C=O) groups is 3. The highest BCUT2D eigenvalue weighted by Gasteiger charge is 2.24. The van der Waals surface area contributed by atoms with Crippen LogP contribution in [0.3, 0.4) is 0 Å². The van der Waals surface area contributed by atoms with Crippen molar-refractivity contribution >= 4 is 45.1 Å². The molecule has 6 nitrogen and oxygen atoms in total. The van der Waals surface area contributed by atoms with E-state index in [0.29, 0.717) is 11.4 Å². The fourth-order valence-corrected chi connectivity index (χ4v) is 3.12. The first-order valence-electron chi connectivity index (χ1n) is 9.56. The van der Waals surface area contributed by atoms with Gasteiger partial charge >= 0.3 is 5.97 Å². The molecule has 0 fully saturated rings. The van der Waals surface area contributed by atoms with E-state index in [2.05, 4.69) is 21.2 Å². The maximum atomic E-state index is 13.0. The van der Waals surface area contributed by atoms with E-state index in [4.69, 9.17) is 4.74 Å². The molecule has 0 aromatic heterocycles. The van der Waals surface area contributed by atoms with Crippen molar-refractivity contribution in [3.63, 3.8) is 0 Å². The van der Waals surface area contributed by atoms with Gasteiger partial charge in [-0.1, -0.05) is 46.3 Å². The number of hydrogen-bond acceptors (Lipinski definition) is 4. The second-order valence-electron chi connectivity index (χ2n) is 6.79. The monoisotopic (exact) mass is 480 g/mol. The van der Waals surface area contributed by atoms with E-state index < -0.39 is 18.0 Å². The quantitative estimate of drug-likeness (QED) is 0.508. The van der Waals surface area contributed by atoms with Crippen LogP contribution in [0, 0.1) is 0 Å². The van der Waals surface area contributed by atoms with Crippen molar-refractivity contribution in [3.05, 3.63) is 94.5 Å². The van der Waals surface area contributed by atoms with Crippen LogP contribution in [-0.2, 0) is 9.53 Å². The van der Waals surface area contributed by atoms with Crippen LogP contribution in [0.15, 0.2) is 83.3 Å². The number of nitrogens with one attached hydrogen (secondary N) is 1. The number of carbonyl (C=O) groups excluding carboxylic acids is 3. The van der Waals surface area contributed by atoms with Crippen molar-refractivity contribution < 1.29 is 19.1 Å². The molecule has 1 unspecified atom stereocenters. The Bertz CT molecular complexity index is 1080. The van der Waals surface area contributed by atoms with Gasteiger partial charge in [0.1, 0.15) is 0 Å². The van der Waals surface area contributed by atoms with Gasteiger partial charge in [-0.05, 0) is 55.5 Å². The normalized spacial score (nSPS) is 11.3. The lowest BCUT2D eigenvalue weighted by molar-refractivity contribution is -0.123. The number of benzene rings is 3. The number of hydrogen-bond donors (Lipinski definition) is 1. The summed E-state index contributed by atoms with van der Waals surface area (Å²) in [6.45, 7) is 1.48. The molecule has 0 radical (unpaired) electrons. The van der Waals surface area contributed by atoms with Gasteiger partial charge in [-0.25, -0.2) is 4.79 Å². The molecule has 3 rings (SSSR count). The molecular formula is C24H21BrN2O4. The van der Waals surface area contributed by atoms with Gasteiger partial charge in [0.2, 0.25) is 0 Å². The summed E-state index contributed by atoms with van der Waals surface area (Å²) < 4.78 is 6.22. The van der Waals surface area contributed by atoms with Crippen molar-refractivity contribution in [1.29, 1.82) is 0 Å². The lowest BCUT2D eigenvalue weighted by atomic mass is 10.1. The van der Waals surface area contributed by atoms with Crippen LogP contribution in [0.25, 0.3) is 0 Å². The standard InChI is InChI=1S/C24H21BrN2O4/c1-16(22(28)26-18-14-12-17(25)13-15-18)31-24(30)21-11-7-6-10-20(21)23(29)27(2)19-8-4-3-5-9-19/h3-16H,1-2H3,(H,26,28). The summed E-state index contributed by atoms with van der Waals surface area (Å²) in [5, 5.41) is 2.69. The minimum atomic E-state index is -1.05. The Hall–Kier alpha value is -3.45. The third-order valence-electron chi connectivity index (χ3n) is 4.59. The first-order valence-corrected chi connectivity index (χ1v) is 10.4. The zero-order valence-electron chi connectivity index (χ0n) is 17.0. The molecule has 0 aliphatic heterocycles. The van der Waals surface area contributed by atoms with Gasteiger partial charge < -0.3 is 15.0 Å². The molecule has 0 heterocycles. The molecule has 0 bridgehead atoms. The van der Waals surface area contributed by atoms with Gasteiger partial charge in [0.25, 0.3) is 11.8 Å². The van der Waals surface area contributed by atoms with Gasteiger partial charge in [-0.3, -0.25) is 9.59 Å². The lowest BCUT2D eigenvalue weighted by Gasteiger charge is -2.19. The Balaban J connectivity index is 1.72. The molecule has 0 saturated heterocycles. The van der Waals surface area contributed by atoms with Gasteiger partial charge in [0.05, 0.1) is 11.1 Å². The van der Waals surface area contributed by atoms with E-state index in [1.54, 1.807) is 61.6 Å². The average molecular weight is 481 g/mol. The van der Waals surface area contributed by atoms with Crippen LogP contribution in [0.5, 0.6) is 0 Å². The number of amides is 2. The second kappa shape index (κ2) is 10.0. The molecule has 0 spiro atoms. The van der Waals surface area contributed by atoms with E-state index in [-0.39, 0.29) is 17.0 Å². The summed E-state index contributed by atoms with van der Waals surface area (Å²) in [6.07, 6.45) is -1.05. The van der Waals surface area contributed by atoms with Crippen molar-refractivity contribution in [3.8, 4) is 0 Å². The molecule has 3 aromatic rings. The van der Waals surface area contributed by atoms with Gasteiger partial charge in [0.15, 0.2) is 6.10 Å². The Morgan fingerprint density at radius 3 is 2.10 bits per heavy atom. The van der Waals surface area contributed by atoms with Crippen LogP contribution < -0.4 is 10.2 Å². The Labute approximate surface area is 189 Å². The van der Waals surface area contributed by atoms with Crippen molar-refractivity contribution in [1.82, 2.24) is 0 Å². The average Bonchev–Trinajstić information content (AvgIpc) is 2.80.